The van der Waals surface area contributed by atoms with Crippen LogP contribution >= 0.6 is 0 Å². The van der Waals surface area contributed by atoms with Gasteiger partial charge < -0.3 is 20.7 Å². The number of carbonyl (C=O) groups is 1. The number of hydrogen-bond acceptors (Lipinski definition) is 5. The fourth-order valence-electron chi connectivity index (χ4n) is 1.56. The number of amides is 1. The predicted octanol–water partition coefficient (Wildman–Crippen LogP) is 0.499. The second-order valence-electron chi connectivity index (χ2n) is 3.74. The maximum atomic E-state index is 11.3. The van der Waals surface area contributed by atoms with Gasteiger partial charge in [-0.2, -0.15) is 0 Å². The third-order valence-corrected chi connectivity index (χ3v) is 2.54. The zero-order valence-electron chi connectivity index (χ0n) is 10.2. The first-order chi connectivity index (χ1) is 9.01. The Morgan fingerprint density at radius 3 is 2.79 bits per heavy atom. The minimum atomic E-state index is -1.39. The summed E-state index contributed by atoms with van der Waals surface area (Å²) in [7, 11) is 1.42. The molecule has 8 nitrogen and oxygen atoms in total. The van der Waals surface area contributed by atoms with Gasteiger partial charge >= 0.3 is 0 Å². The van der Waals surface area contributed by atoms with Crippen LogP contribution in [0.5, 0.6) is 5.75 Å². The summed E-state index contributed by atoms with van der Waals surface area (Å²) in [5.74, 6) is -0.363. The first kappa shape index (κ1) is 14.8. The van der Waals surface area contributed by atoms with E-state index in [9.17, 15) is 15.0 Å². The lowest BCUT2D eigenvalue weighted by Crippen LogP contribution is -2.24. The number of benzene rings is 1. The fourth-order valence-corrected chi connectivity index (χ4v) is 1.56. The summed E-state index contributed by atoms with van der Waals surface area (Å²) < 4.78 is 4.95. The minimum absolute atomic E-state index is 0.0341. The van der Waals surface area contributed by atoms with Crippen LogP contribution in [0.3, 0.4) is 0 Å². The van der Waals surface area contributed by atoms with E-state index in [1.807, 2.05) is 0 Å². The molecule has 0 aliphatic heterocycles. The van der Waals surface area contributed by atoms with Gasteiger partial charge in [-0.15, -0.1) is 0 Å². The van der Waals surface area contributed by atoms with E-state index >= 15 is 0 Å². The van der Waals surface area contributed by atoms with E-state index in [0.717, 1.165) is 0 Å². The van der Waals surface area contributed by atoms with E-state index in [1.165, 1.54) is 25.3 Å². The van der Waals surface area contributed by atoms with E-state index in [-0.39, 0.29) is 17.7 Å². The number of carbonyl (C=O) groups excluding carboxylic acids is 1. The molecule has 0 aromatic heterocycles. The number of aliphatic hydroxyl groups excluding tert-OH is 2. The number of methoxy groups -OCH3 is 1. The van der Waals surface area contributed by atoms with Gasteiger partial charge in [0.15, 0.2) is 0 Å². The summed E-state index contributed by atoms with van der Waals surface area (Å²) in [5.41, 5.74) is 13.5. The highest BCUT2D eigenvalue weighted by Gasteiger charge is 2.22. The second kappa shape index (κ2) is 6.60. The lowest BCUT2D eigenvalue weighted by molar-refractivity contribution is 0.0238. The summed E-state index contributed by atoms with van der Waals surface area (Å²) >= 11 is 0. The molecule has 0 bridgehead atoms. The van der Waals surface area contributed by atoms with Gasteiger partial charge in [0.2, 0.25) is 5.91 Å². The Hall–Kier alpha value is -2.28. The minimum Gasteiger partial charge on any atom is -0.497 e. The summed E-state index contributed by atoms with van der Waals surface area (Å²) in [6, 6.07) is 4.30. The number of primary amides is 1. The topological polar surface area (TPSA) is 142 Å². The van der Waals surface area contributed by atoms with Crippen LogP contribution < -0.4 is 10.5 Å². The Kier molecular flexibility index (Phi) is 5.13. The molecule has 4 N–H and O–H groups in total. The molecule has 0 aliphatic rings. The van der Waals surface area contributed by atoms with E-state index in [2.05, 4.69) is 10.0 Å². The summed E-state index contributed by atoms with van der Waals surface area (Å²) in [5, 5.41) is 22.7. The third kappa shape index (κ3) is 3.59. The first-order valence-corrected chi connectivity index (χ1v) is 5.36. The van der Waals surface area contributed by atoms with Gasteiger partial charge in [-0.1, -0.05) is 11.2 Å². The monoisotopic (exact) mass is 266 g/mol. The predicted molar refractivity (Wildman–Crippen MR) is 66.5 cm³/mol. The normalized spacial score (nSPS) is 13.2. The SMILES string of the molecule is COc1ccc(C(O)C(O)CN=[N+]=[N-])c(C(N)=O)c1. The zero-order valence-corrected chi connectivity index (χ0v) is 10.2. The van der Waals surface area contributed by atoms with Crippen LogP contribution in [0, 0.1) is 0 Å². The van der Waals surface area contributed by atoms with Crippen molar-refractivity contribution in [3.05, 3.63) is 39.8 Å². The molecule has 0 heterocycles. The van der Waals surface area contributed by atoms with E-state index < -0.39 is 18.1 Å². The maximum Gasteiger partial charge on any atom is 0.249 e. The van der Waals surface area contributed by atoms with Crippen molar-refractivity contribution in [2.45, 2.75) is 12.2 Å². The van der Waals surface area contributed by atoms with Crippen molar-refractivity contribution < 1.29 is 19.7 Å². The standard InChI is InChI=1S/C11H14N4O4/c1-19-6-2-3-7(8(4-6)11(12)18)10(17)9(16)5-14-15-13/h2-4,9-10,16-17H,5H2,1H3,(H2,12,18). The third-order valence-electron chi connectivity index (χ3n) is 2.54. The lowest BCUT2D eigenvalue weighted by atomic mass is 9.98. The number of hydrogen-bond donors (Lipinski definition) is 3. The van der Waals surface area contributed by atoms with Crippen LogP contribution in [0.2, 0.25) is 0 Å². The van der Waals surface area contributed by atoms with Crippen molar-refractivity contribution in [3.63, 3.8) is 0 Å². The highest BCUT2D eigenvalue weighted by atomic mass is 16.5. The molecule has 2 atom stereocenters. The number of azide groups is 1. The highest BCUT2D eigenvalue weighted by molar-refractivity contribution is 5.95. The molecule has 1 aromatic rings. The lowest BCUT2D eigenvalue weighted by Gasteiger charge is -2.19. The van der Waals surface area contributed by atoms with Gasteiger partial charge in [0.25, 0.3) is 0 Å². The van der Waals surface area contributed by atoms with Crippen LogP contribution in [0.25, 0.3) is 10.4 Å². The van der Waals surface area contributed by atoms with Crippen molar-refractivity contribution in [2.24, 2.45) is 10.8 Å². The Bertz CT molecular complexity index is 513. The molecule has 0 fully saturated rings. The number of nitrogens with two attached hydrogens (primary N) is 1. The quantitative estimate of drug-likeness (QED) is 0.391. The molecular formula is C11H14N4O4. The molecule has 19 heavy (non-hydrogen) atoms. The van der Waals surface area contributed by atoms with E-state index in [0.29, 0.717) is 5.75 Å². The van der Waals surface area contributed by atoms with Crippen molar-refractivity contribution in [2.75, 3.05) is 13.7 Å². The van der Waals surface area contributed by atoms with Gasteiger partial charge in [-0.25, -0.2) is 0 Å². The molecule has 8 heteroatoms. The smallest absolute Gasteiger partial charge is 0.249 e. The molecule has 0 spiro atoms. The van der Waals surface area contributed by atoms with E-state index in [4.69, 9.17) is 16.0 Å². The fraction of sp³-hybridized carbons (Fsp3) is 0.364. The van der Waals surface area contributed by atoms with Crippen LogP contribution in [0.4, 0.5) is 0 Å². The van der Waals surface area contributed by atoms with Crippen LogP contribution in [0.15, 0.2) is 23.3 Å². The largest absolute Gasteiger partial charge is 0.497 e. The molecule has 0 radical (unpaired) electrons. The van der Waals surface area contributed by atoms with Gasteiger partial charge in [-0.05, 0) is 23.2 Å². The highest BCUT2D eigenvalue weighted by Crippen LogP contribution is 2.25. The molecule has 2 unspecified atom stereocenters. The van der Waals surface area contributed by atoms with Gasteiger partial charge in [0, 0.05) is 10.5 Å². The Morgan fingerprint density at radius 1 is 1.58 bits per heavy atom. The maximum absolute atomic E-state index is 11.3. The summed E-state index contributed by atoms with van der Waals surface area (Å²) in [6.45, 7) is -0.318. The zero-order chi connectivity index (χ0) is 14.4. The van der Waals surface area contributed by atoms with E-state index in [1.54, 1.807) is 0 Å². The summed E-state index contributed by atoms with van der Waals surface area (Å²) in [6.07, 6.45) is -2.72. The van der Waals surface area contributed by atoms with Crippen molar-refractivity contribution >= 4 is 5.91 Å². The summed E-state index contributed by atoms with van der Waals surface area (Å²) in [4.78, 5) is 13.8. The van der Waals surface area contributed by atoms with Crippen LogP contribution in [-0.2, 0) is 0 Å². The van der Waals surface area contributed by atoms with Gasteiger partial charge in [0.1, 0.15) is 11.9 Å². The van der Waals surface area contributed by atoms with Crippen molar-refractivity contribution in [3.8, 4) is 5.75 Å². The molecule has 1 aromatic carbocycles. The number of ether oxygens (including phenoxy) is 1. The Morgan fingerprint density at radius 2 is 2.26 bits per heavy atom. The molecule has 1 rings (SSSR count). The molecule has 0 aliphatic carbocycles. The number of nitrogens with zero attached hydrogens (tertiary/aromatic N) is 3. The molecule has 102 valence electrons. The van der Waals surface area contributed by atoms with Crippen molar-refractivity contribution in [1.29, 1.82) is 0 Å². The van der Waals surface area contributed by atoms with Gasteiger partial charge in [-0.3, -0.25) is 4.79 Å². The first-order valence-electron chi connectivity index (χ1n) is 5.36. The molecule has 0 saturated heterocycles. The average Bonchev–Trinajstić information content (AvgIpc) is 2.43. The molecule has 0 saturated carbocycles. The molecular weight excluding hydrogens is 252 g/mol. The molecule has 1 amide bonds. The Labute approximate surface area is 109 Å². The number of rotatable bonds is 6. The Balaban J connectivity index is 3.11. The van der Waals surface area contributed by atoms with Gasteiger partial charge in [0.05, 0.1) is 19.8 Å². The second-order valence-corrected chi connectivity index (χ2v) is 3.74. The van der Waals surface area contributed by atoms with Crippen LogP contribution in [-0.4, -0.2) is 35.9 Å². The van der Waals surface area contributed by atoms with Crippen molar-refractivity contribution in [1.82, 2.24) is 0 Å². The average molecular weight is 266 g/mol. The number of aliphatic hydroxyl groups is 2. The van der Waals surface area contributed by atoms with Crippen LogP contribution in [0.1, 0.15) is 22.0 Å².